The lowest BCUT2D eigenvalue weighted by Crippen LogP contribution is -2.40. The molecule has 1 aromatic heterocycles. The second-order valence-electron chi connectivity index (χ2n) is 5.57. The third-order valence-electron chi connectivity index (χ3n) is 4.26. The van der Waals surface area contributed by atoms with E-state index in [0.717, 1.165) is 29.9 Å². The van der Waals surface area contributed by atoms with Gasteiger partial charge in [0, 0.05) is 19.6 Å². The van der Waals surface area contributed by atoms with Gasteiger partial charge in [-0.25, -0.2) is 0 Å². The molecule has 0 bridgehead atoms. The predicted octanol–water partition coefficient (Wildman–Crippen LogP) is 1.78. The second kappa shape index (κ2) is 5.68. The van der Waals surface area contributed by atoms with Crippen molar-refractivity contribution in [3.05, 3.63) is 33.4 Å². The van der Waals surface area contributed by atoms with Gasteiger partial charge in [-0.15, -0.1) is 0 Å². The standard InChI is InChI=1S/C15H21N3OS/c1-16-12-5-7-18(8-6-12)10-11-3-4-13-14(9-11)20-15(19)17(13)2/h3-4,9,12,16H,5-8,10H2,1-2H3. The van der Waals surface area contributed by atoms with Crippen LogP contribution in [0.5, 0.6) is 0 Å². The highest BCUT2D eigenvalue weighted by Crippen LogP contribution is 2.20. The van der Waals surface area contributed by atoms with Crippen molar-refractivity contribution >= 4 is 21.6 Å². The Labute approximate surface area is 123 Å². The molecule has 1 N–H and O–H groups in total. The predicted molar refractivity (Wildman–Crippen MR) is 84.4 cm³/mol. The van der Waals surface area contributed by atoms with Gasteiger partial charge in [-0.2, -0.15) is 0 Å². The monoisotopic (exact) mass is 291 g/mol. The molecule has 0 saturated carbocycles. The number of piperidine rings is 1. The fraction of sp³-hybridized carbons (Fsp3) is 0.533. The maximum absolute atomic E-state index is 11.7. The first kappa shape index (κ1) is 13.8. The maximum atomic E-state index is 11.7. The zero-order valence-electron chi connectivity index (χ0n) is 12.1. The van der Waals surface area contributed by atoms with Crippen LogP contribution in [0.25, 0.3) is 10.2 Å². The smallest absolute Gasteiger partial charge is 0.307 e. The van der Waals surface area contributed by atoms with Gasteiger partial charge in [0.2, 0.25) is 0 Å². The lowest BCUT2D eigenvalue weighted by atomic mass is 10.0. The van der Waals surface area contributed by atoms with Crippen LogP contribution in [-0.2, 0) is 13.6 Å². The molecule has 1 aliphatic rings. The van der Waals surface area contributed by atoms with Crippen molar-refractivity contribution in [1.82, 2.24) is 14.8 Å². The molecule has 0 spiro atoms. The van der Waals surface area contributed by atoms with Gasteiger partial charge in [0.25, 0.3) is 0 Å². The first-order chi connectivity index (χ1) is 9.67. The number of hydrogen-bond donors (Lipinski definition) is 1. The van der Waals surface area contributed by atoms with E-state index in [-0.39, 0.29) is 4.87 Å². The first-order valence-corrected chi connectivity index (χ1v) is 7.97. The summed E-state index contributed by atoms with van der Waals surface area (Å²) in [6.07, 6.45) is 2.44. The number of hydrogen-bond acceptors (Lipinski definition) is 4. The van der Waals surface area contributed by atoms with E-state index in [1.165, 1.54) is 29.7 Å². The van der Waals surface area contributed by atoms with Crippen LogP contribution in [0.15, 0.2) is 23.0 Å². The number of nitrogens with one attached hydrogen (secondary N) is 1. The maximum Gasteiger partial charge on any atom is 0.307 e. The molecular weight excluding hydrogens is 270 g/mol. The zero-order valence-corrected chi connectivity index (χ0v) is 12.9. The van der Waals surface area contributed by atoms with Crippen LogP contribution in [0.3, 0.4) is 0 Å². The third kappa shape index (κ3) is 2.66. The molecule has 5 heteroatoms. The zero-order chi connectivity index (χ0) is 14.1. The van der Waals surface area contributed by atoms with E-state index in [2.05, 4.69) is 28.4 Å². The molecule has 0 unspecified atom stereocenters. The minimum Gasteiger partial charge on any atom is -0.317 e. The number of thiazole rings is 1. The van der Waals surface area contributed by atoms with Gasteiger partial charge in [-0.3, -0.25) is 9.69 Å². The van der Waals surface area contributed by atoms with Gasteiger partial charge in [0.1, 0.15) is 0 Å². The number of aryl methyl sites for hydroxylation is 1. The fourth-order valence-corrected chi connectivity index (χ4v) is 3.86. The van der Waals surface area contributed by atoms with Gasteiger partial charge in [0.15, 0.2) is 0 Å². The number of nitrogens with zero attached hydrogens (tertiary/aromatic N) is 2. The highest BCUT2D eigenvalue weighted by atomic mass is 32.1. The van der Waals surface area contributed by atoms with Crippen LogP contribution in [0.2, 0.25) is 0 Å². The molecule has 4 nitrogen and oxygen atoms in total. The molecule has 3 rings (SSSR count). The van der Waals surface area contributed by atoms with Crippen LogP contribution in [0.4, 0.5) is 0 Å². The summed E-state index contributed by atoms with van der Waals surface area (Å²) < 4.78 is 2.82. The SMILES string of the molecule is CNC1CCN(Cc2ccc3c(c2)sc(=O)n3C)CC1. The average Bonchev–Trinajstić information content (AvgIpc) is 2.74. The third-order valence-corrected chi connectivity index (χ3v) is 5.25. The number of rotatable bonds is 3. The van der Waals surface area contributed by atoms with Gasteiger partial charge >= 0.3 is 4.87 Å². The first-order valence-electron chi connectivity index (χ1n) is 7.15. The summed E-state index contributed by atoms with van der Waals surface area (Å²) in [6.45, 7) is 3.28. The Morgan fingerprint density at radius 2 is 2.10 bits per heavy atom. The quantitative estimate of drug-likeness (QED) is 0.937. The van der Waals surface area contributed by atoms with E-state index in [9.17, 15) is 4.79 Å². The van der Waals surface area contributed by atoms with E-state index in [4.69, 9.17) is 0 Å². The molecule has 20 heavy (non-hydrogen) atoms. The van der Waals surface area contributed by atoms with Crippen molar-refractivity contribution in [3.63, 3.8) is 0 Å². The van der Waals surface area contributed by atoms with E-state index < -0.39 is 0 Å². The van der Waals surface area contributed by atoms with Crippen LogP contribution < -0.4 is 10.2 Å². The topological polar surface area (TPSA) is 37.3 Å². The Morgan fingerprint density at radius 1 is 1.35 bits per heavy atom. The molecule has 108 valence electrons. The Hall–Kier alpha value is -1.17. The fourth-order valence-electron chi connectivity index (χ4n) is 2.91. The summed E-state index contributed by atoms with van der Waals surface area (Å²) in [6, 6.07) is 7.07. The normalized spacial score (nSPS) is 17.9. The summed E-state index contributed by atoms with van der Waals surface area (Å²) in [5, 5.41) is 3.36. The Bertz CT molecular complexity index is 653. The Balaban J connectivity index is 1.73. The van der Waals surface area contributed by atoms with E-state index >= 15 is 0 Å². The highest BCUT2D eigenvalue weighted by molar-refractivity contribution is 7.16. The van der Waals surface area contributed by atoms with Gasteiger partial charge in [0.05, 0.1) is 10.2 Å². The molecule has 1 aromatic carbocycles. The van der Waals surface area contributed by atoms with Gasteiger partial charge in [-0.1, -0.05) is 17.4 Å². The van der Waals surface area contributed by atoms with Crippen molar-refractivity contribution in [2.75, 3.05) is 20.1 Å². The molecule has 1 saturated heterocycles. The van der Waals surface area contributed by atoms with Crippen molar-refractivity contribution in [2.45, 2.75) is 25.4 Å². The number of benzene rings is 1. The molecule has 0 radical (unpaired) electrons. The molecule has 2 heterocycles. The van der Waals surface area contributed by atoms with Crippen LogP contribution in [0.1, 0.15) is 18.4 Å². The minimum absolute atomic E-state index is 0.118. The minimum atomic E-state index is 0.118. The summed E-state index contributed by atoms with van der Waals surface area (Å²) >= 11 is 1.34. The van der Waals surface area contributed by atoms with Crippen molar-refractivity contribution in [3.8, 4) is 0 Å². The van der Waals surface area contributed by atoms with E-state index in [1.807, 2.05) is 14.1 Å². The summed E-state index contributed by atoms with van der Waals surface area (Å²) in [5.74, 6) is 0. The van der Waals surface area contributed by atoms with E-state index in [0.29, 0.717) is 6.04 Å². The van der Waals surface area contributed by atoms with Crippen molar-refractivity contribution in [2.24, 2.45) is 7.05 Å². The molecule has 0 atom stereocenters. The van der Waals surface area contributed by atoms with E-state index in [1.54, 1.807) is 4.57 Å². The Kier molecular flexibility index (Phi) is 3.92. The van der Waals surface area contributed by atoms with Crippen LogP contribution >= 0.6 is 11.3 Å². The molecule has 1 fully saturated rings. The highest BCUT2D eigenvalue weighted by Gasteiger charge is 2.17. The summed E-state index contributed by atoms with van der Waals surface area (Å²) in [7, 11) is 3.88. The largest absolute Gasteiger partial charge is 0.317 e. The molecule has 2 aromatic rings. The number of aromatic nitrogens is 1. The Morgan fingerprint density at radius 3 is 2.80 bits per heavy atom. The molecule has 1 aliphatic heterocycles. The molecule has 0 aliphatic carbocycles. The summed E-state index contributed by atoms with van der Waals surface area (Å²) in [4.78, 5) is 14.3. The average molecular weight is 291 g/mol. The second-order valence-corrected chi connectivity index (χ2v) is 6.56. The van der Waals surface area contributed by atoms with Crippen LogP contribution in [0, 0.1) is 0 Å². The number of likely N-dealkylation sites (tertiary alicyclic amines) is 1. The van der Waals surface area contributed by atoms with Gasteiger partial charge < -0.3 is 9.88 Å². The lowest BCUT2D eigenvalue weighted by molar-refractivity contribution is 0.194. The van der Waals surface area contributed by atoms with Gasteiger partial charge in [-0.05, 0) is 50.7 Å². The van der Waals surface area contributed by atoms with Crippen LogP contribution in [-0.4, -0.2) is 35.6 Å². The molecule has 0 amide bonds. The summed E-state index contributed by atoms with van der Waals surface area (Å²) in [5.41, 5.74) is 2.35. The van der Waals surface area contributed by atoms with Crippen molar-refractivity contribution in [1.29, 1.82) is 0 Å². The van der Waals surface area contributed by atoms with Crippen molar-refractivity contribution < 1.29 is 0 Å². The lowest BCUT2D eigenvalue weighted by Gasteiger charge is -2.31. The number of fused-ring (bicyclic) bond motifs is 1. The molecular formula is C15H21N3OS.